The Labute approximate surface area is 152 Å². The van der Waals surface area contributed by atoms with E-state index in [-0.39, 0.29) is 11.0 Å². The van der Waals surface area contributed by atoms with Crippen LogP contribution in [0.1, 0.15) is 15.9 Å². The highest BCUT2D eigenvalue weighted by atomic mass is 79.9. The van der Waals surface area contributed by atoms with Crippen LogP contribution in [0.4, 0.5) is 5.69 Å². The van der Waals surface area contributed by atoms with Gasteiger partial charge in [-0.05, 0) is 60.3 Å². The molecule has 2 aromatic rings. The number of carboxylic acid groups (broad SMARTS) is 1. The number of nitrogens with one attached hydrogen (secondary N) is 2. The molecule has 0 radical (unpaired) electrons. The van der Waals surface area contributed by atoms with E-state index in [0.29, 0.717) is 16.8 Å². The molecule has 0 fully saturated rings. The number of aliphatic carboxylic acids is 1. The number of carbonyl (C=O) groups excluding carboxylic acids is 1. The summed E-state index contributed by atoms with van der Waals surface area (Å²) in [6.45, 7) is 0. The Morgan fingerprint density at radius 3 is 2.50 bits per heavy atom. The average Bonchev–Trinajstić information content (AvgIpc) is 2.53. The van der Waals surface area contributed by atoms with Gasteiger partial charge in [0.25, 0.3) is 5.91 Å². The number of rotatable bonds is 4. The Morgan fingerprint density at radius 2 is 1.83 bits per heavy atom. The number of hydrogen-bond acceptors (Lipinski definition) is 3. The van der Waals surface area contributed by atoms with Crippen molar-refractivity contribution in [2.45, 2.75) is 0 Å². The molecule has 0 aromatic heterocycles. The first-order valence-corrected chi connectivity index (χ1v) is 8.03. The maximum Gasteiger partial charge on any atom is 0.328 e. The molecule has 5 nitrogen and oxygen atoms in total. The first kappa shape index (κ1) is 17.8. The van der Waals surface area contributed by atoms with Crippen LogP contribution in [-0.4, -0.2) is 22.1 Å². The second-order valence-electron chi connectivity index (χ2n) is 4.71. The van der Waals surface area contributed by atoms with Gasteiger partial charge >= 0.3 is 5.97 Å². The SMILES string of the molecule is O=C(O)C=Cc1cccc(NC(=S)NC(=O)c2ccc(Br)cc2)c1. The first-order chi connectivity index (χ1) is 11.4. The summed E-state index contributed by atoms with van der Waals surface area (Å²) < 4.78 is 0.881. The highest BCUT2D eigenvalue weighted by Gasteiger charge is 2.07. The molecule has 0 unspecified atom stereocenters. The number of carbonyl (C=O) groups is 2. The fourth-order valence-electron chi connectivity index (χ4n) is 1.83. The monoisotopic (exact) mass is 404 g/mol. The maximum atomic E-state index is 12.1. The van der Waals surface area contributed by atoms with Crippen molar-refractivity contribution in [1.29, 1.82) is 0 Å². The van der Waals surface area contributed by atoms with Gasteiger partial charge in [-0.15, -0.1) is 0 Å². The Kier molecular flexibility index (Phi) is 6.22. The third kappa shape index (κ3) is 5.60. The summed E-state index contributed by atoms with van der Waals surface area (Å²) in [6.07, 6.45) is 2.52. The van der Waals surface area contributed by atoms with Crippen LogP contribution in [0.25, 0.3) is 6.08 Å². The number of carboxylic acids is 1. The quantitative estimate of drug-likeness (QED) is 0.535. The predicted molar refractivity (Wildman–Crippen MR) is 101 cm³/mol. The molecule has 0 bridgehead atoms. The minimum absolute atomic E-state index is 0.155. The van der Waals surface area contributed by atoms with Crippen LogP contribution in [0, 0.1) is 0 Å². The molecule has 7 heteroatoms. The molecular weight excluding hydrogens is 392 g/mol. The zero-order valence-electron chi connectivity index (χ0n) is 12.3. The van der Waals surface area contributed by atoms with Crippen molar-refractivity contribution in [2.24, 2.45) is 0 Å². The molecule has 1 amide bonds. The van der Waals surface area contributed by atoms with Gasteiger partial charge in [-0.25, -0.2) is 4.79 Å². The van der Waals surface area contributed by atoms with Crippen LogP contribution in [0.15, 0.2) is 59.1 Å². The van der Waals surface area contributed by atoms with Crippen LogP contribution in [0.3, 0.4) is 0 Å². The van der Waals surface area contributed by atoms with Gasteiger partial charge in [0.15, 0.2) is 5.11 Å². The van der Waals surface area contributed by atoms with Crippen molar-refractivity contribution in [3.63, 3.8) is 0 Å². The van der Waals surface area contributed by atoms with Gasteiger partial charge in [0.05, 0.1) is 0 Å². The third-order valence-corrected chi connectivity index (χ3v) is 3.63. The van der Waals surface area contributed by atoms with Gasteiger partial charge < -0.3 is 10.4 Å². The lowest BCUT2D eigenvalue weighted by Crippen LogP contribution is -2.34. The molecule has 0 saturated heterocycles. The van der Waals surface area contributed by atoms with Gasteiger partial charge in [0.1, 0.15) is 0 Å². The highest BCUT2D eigenvalue weighted by Crippen LogP contribution is 2.13. The molecule has 122 valence electrons. The Balaban J connectivity index is 1.99. The fraction of sp³-hybridized carbons (Fsp3) is 0. The zero-order chi connectivity index (χ0) is 17.5. The summed E-state index contributed by atoms with van der Waals surface area (Å²) >= 11 is 8.43. The Hall–Kier alpha value is -2.51. The Bertz CT molecular complexity index is 804. The second kappa shape index (κ2) is 8.37. The topological polar surface area (TPSA) is 78.4 Å². The van der Waals surface area contributed by atoms with Gasteiger partial charge in [0, 0.05) is 21.8 Å². The number of amides is 1. The number of anilines is 1. The van der Waals surface area contributed by atoms with Crippen LogP contribution >= 0.6 is 28.1 Å². The largest absolute Gasteiger partial charge is 0.478 e. The molecular formula is C17H13BrN2O3S. The molecule has 2 aromatic carbocycles. The summed E-state index contributed by atoms with van der Waals surface area (Å²) in [5.74, 6) is -1.34. The van der Waals surface area contributed by atoms with Crippen molar-refractivity contribution in [1.82, 2.24) is 5.32 Å². The van der Waals surface area contributed by atoms with E-state index in [1.54, 1.807) is 48.5 Å². The molecule has 0 spiro atoms. The molecule has 0 aliphatic rings. The first-order valence-electron chi connectivity index (χ1n) is 6.83. The van der Waals surface area contributed by atoms with Gasteiger partial charge in [-0.3, -0.25) is 10.1 Å². The lowest BCUT2D eigenvalue weighted by molar-refractivity contribution is -0.131. The van der Waals surface area contributed by atoms with Gasteiger partial charge in [-0.2, -0.15) is 0 Å². The van der Waals surface area contributed by atoms with Gasteiger partial charge in [0.2, 0.25) is 0 Å². The van der Waals surface area contributed by atoms with Crippen molar-refractivity contribution in [3.05, 3.63) is 70.2 Å². The highest BCUT2D eigenvalue weighted by molar-refractivity contribution is 9.10. The fourth-order valence-corrected chi connectivity index (χ4v) is 2.30. The zero-order valence-corrected chi connectivity index (χ0v) is 14.7. The average molecular weight is 405 g/mol. The molecule has 0 heterocycles. The van der Waals surface area contributed by atoms with Crippen molar-refractivity contribution in [2.75, 3.05) is 5.32 Å². The molecule has 0 saturated carbocycles. The lowest BCUT2D eigenvalue weighted by atomic mass is 10.2. The van der Waals surface area contributed by atoms with E-state index in [4.69, 9.17) is 17.3 Å². The van der Waals surface area contributed by atoms with E-state index in [1.807, 2.05) is 0 Å². The van der Waals surface area contributed by atoms with Gasteiger partial charge in [-0.1, -0.05) is 28.1 Å². The smallest absolute Gasteiger partial charge is 0.328 e. The molecule has 24 heavy (non-hydrogen) atoms. The summed E-state index contributed by atoms with van der Waals surface area (Å²) in [4.78, 5) is 22.6. The summed E-state index contributed by atoms with van der Waals surface area (Å²) in [5, 5.41) is 14.3. The third-order valence-electron chi connectivity index (χ3n) is 2.90. The molecule has 2 rings (SSSR count). The minimum atomic E-state index is -1.02. The maximum absolute atomic E-state index is 12.1. The summed E-state index contributed by atoms with van der Waals surface area (Å²) in [5.41, 5.74) is 1.83. The number of hydrogen-bond donors (Lipinski definition) is 3. The number of halogens is 1. The normalized spacial score (nSPS) is 10.4. The number of benzene rings is 2. The molecule has 0 atom stereocenters. The lowest BCUT2D eigenvalue weighted by Gasteiger charge is -2.10. The summed E-state index contributed by atoms with van der Waals surface area (Å²) in [7, 11) is 0. The van der Waals surface area contributed by atoms with Crippen LogP contribution in [0.5, 0.6) is 0 Å². The minimum Gasteiger partial charge on any atom is -0.478 e. The van der Waals surface area contributed by atoms with Crippen LogP contribution in [0.2, 0.25) is 0 Å². The van der Waals surface area contributed by atoms with E-state index in [9.17, 15) is 9.59 Å². The van der Waals surface area contributed by atoms with E-state index in [0.717, 1.165) is 10.5 Å². The number of thiocarbonyl (C=S) groups is 1. The van der Waals surface area contributed by atoms with Crippen molar-refractivity contribution >= 4 is 56.9 Å². The van der Waals surface area contributed by atoms with E-state index >= 15 is 0 Å². The Morgan fingerprint density at radius 1 is 1.12 bits per heavy atom. The molecule has 3 N–H and O–H groups in total. The van der Waals surface area contributed by atoms with Crippen LogP contribution < -0.4 is 10.6 Å². The van der Waals surface area contributed by atoms with E-state index in [2.05, 4.69) is 26.6 Å². The molecule has 0 aliphatic heterocycles. The molecule has 0 aliphatic carbocycles. The van der Waals surface area contributed by atoms with E-state index < -0.39 is 5.97 Å². The van der Waals surface area contributed by atoms with Crippen LogP contribution in [-0.2, 0) is 4.79 Å². The second-order valence-corrected chi connectivity index (χ2v) is 6.04. The standard InChI is InChI=1S/C17H13BrN2O3S/c18-13-7-5-12(6-8-13)16(23)20-17(24)19-14-3-1-2-11(10-14)4-9-15(21)22/h1-10H,(H,21,22)(H2,19,20,23,24). The predicted octanol–water partition coefficient (Wildman–Crippen LogP) is 3.67. The summed E-state index contributed by atoms with van der Waals surface area (Å²) in [6, 6.07) is 13.9. The van der Waals surface area contributed by atoms with Crippen molar-refractivity contribution < 1.29 is 14.7 Å². The van der Waals surface area contributed by atoms with Crippen molar-refractivity contribution in [3.8, 4) is 0 Å². The van der Waals surface area contributed by atoms with E-state index in [1.165, 1.54) is 6.08 Å².